The third-order valence-electron chi connectivity index (χ3n) is 4.33. The fourth-order valence-corrected chi connectivity index (χ4v) is 4.54. The van der Waals surface area contributed by atoms with Crippen LogP contribution in [0, 0.1) is 0 Å². The first-order chi connectivity index (χ1) is 13.4. The van der Waals surface area contributed by atoms with Crippen molar-refractivity contribution in [2.45, 2.75) is 0 Å². The van der Waals surface area contributed by atoms with E-state index in [0.717, 1.165) is 14.3 Å². The van der Waals surface area contributed by atoms with Gasteiger partial charge >= 0.3 is 14.2 Å². The summed E-state index contributed by atoms with van der Waals surface area (Å²) < 4.78 is 2.26. The largest absolute Gasteiger partial charge is 0.489 e. The molecule has 0 unspecified atom stereocenters. The van der Waals surface area contributed by atoms with Crippen LogP contribution in [0.15, 0.2) is 81.7 Å². The lowest BCUT2D eigenvalue weighted by Crippen LogP contribution is -2.38. The van der Waals surface area contributed by atoms with Crippen LogP contribution in [0.3, 0.4) is 0 Å². The Kier molecular flexibility index (Phi) is 6.93. The highest BCUT2D eigenvalue weighted by Gasteiger charge is 2.21. The summed E-state index contributed by atoms with van der Waals surface area (Å²) in [5, 5.41) is 40.6. The van der Waals surface area contributed by atoms with Crippen molar-refractivity contribution in [2.24, 2.45) is 0 Å². The van der Waals surface area contributed by atoms with Gasteiger partial charge in [0.05, 0.1) is 0 Å². The molecule has 140 valence electrons. The SMILES string of the molecule is Brc1cccc2cccc(Br)c12.OB(O)c1cccc2cccc(B(O)O)c12. The maximum atomic E-state index is 9.22. The molecule has 4 nitrogen and oxygen atoms in total. The van der Waals surface area contributed by atoms with Crippen LogP contribution in [0.2, 0.25) is 0 Å². The van der Waals surface area contributed by atoms with Gasteiger partial charge in [0.1, 0.15) is 0 Å². The van der Waals surface area contributed by atoms with E-state index in [0.29, 0.717) is 5.39 Å². The van der Waals surface area contributed by atoms with Gasteiger partial charge in [-0.25, -0.2) is 0 Å². The quantitative estimate of drug-likeness (QED) is 0.318. The Morgan fingerprint density at radius 2 is 0.857 bits per heavy atom. The first-order valence-corrected chi connectivity index (χ1v) is 10.1. The van der Waals surface area contributed by atoms with Gasteiger partial charge in [-0.2, -0.15) is 0 Å². The number of benzene rings is 4. The van der Waals surface area contributed by atoms with E-state index in [-0.39, 0.29) is 10.9 Å². The molecule has 4 rings (SSSR count). The Bertz CT molecular complexity index is 1040. The molecule has 28 heavy (non-hydrogen) atoms. The van der Waals surface area contributed by atoms with Crippen molar-refractivity contribution in [1.82, 2.24) is 0 Å². The molecule has 0 aromatic heterocycles. The molecule has 0 heterocycles. The fourth-order valence-electron chi connectivity index (χ4n) is 3.08. The second-order valence-electron chi connectivity index (χ2n) is 6.12. The smallest absolute Gasteiger partial charge is 0.423 e. The molecule has 8 heteroatoms. The van der Waals surface area contributed by atoms with Gasteiger partial charge in [0.25, 0.3) is 0 Å². The van der Waals surface area contributed by atoms with Crippen LogP contribution in [0.25, 0.3) is 21.5 Å². The van der Waals surface area contributed by atoms with Gasteiger partial charge in [-0.05, 0) is 39.2 Å². The summed E-state index contributed by atoms with van der Waals surface area (Å²) in [4.78, 5) is 0. The van der Waals surface area contributed by atoms with Crippen molar-refractivity contribution in [3.63, 3.8) is 0 Å². The van der Waals surface area contributed by atoms with E-state index in [1.165, 1.54) is 10.8 Å². The lowest BCUT2D eigenvalue weighted by Gasteiger charge is -2.10. The summed E-state index contributed by atoms with van der Waals surface area (Å²) in [6.45, 7) is 0. The number of hydrogen-bond donors (Lipinski definition) is 4. The van der Waals surface area contributed by atoms with E-state index in [9.17, 15) is 20.1 Å². The van der Waals surface area contributed by atoms with Gasteiger partial charge in [0, 0.05) is 14.3 Å². The molecule has 0 atom stereocenters. The molecule has 0 aliphatic carbocycles. The molecule has 0 fully saturated rings. The zero-order valence-electron chi connectivity index (χ0n) is 14.6. The van der Waals surface area contributed by atoms with Gasteiger partial charge in [-0.3, -0.25) is 0 Å². The number of halogens is 2. The maximum Gasteiger partial charge on any atom is 0.489 e. The molecule has 0 radical (unpaired) electrons. The molecule has 0 bridgehead atoms. The van der Waals surface area contributed by atoms with Crippen molar-refractivity contribution in [3.05, 3.63) is 81.7 Å². The predicted octanol–water partition coefficient (Wildman–Crippen LogP) is 2.56. The highest BCUT2D eigenvalue weighted by molar-refractivity contribution is 9.11. The standard InChI is InChI=1S/C10H10B2O4.C10H6Br2/c13-11(14)8-5-1-3-7-4-2-6-9(10(7)8)12(15)16;11-8-5-1-3-7-4-2-6-9(12)10(7)8/h1-6,13-16H;1-6H. The second-order valence-corrected chi connectivity index (χ2v) is 7.83. The predicted molar refractivity (Wildman–Crippen MR) is 123 cm³/mol. The van der Waals surface area contributed by atoms with E-state index in [1.54, 1.807) is 36.4 Å². The first kappa shape index (κ1) is 21.0. The van der Waals surface area contributed by atoms with Gasteiger partial charge < -0.3 is 20.1 Å². The Hall–Kier alpha value is -1.67. The summed E-state index contributed by atoms with van der Waals surface area (Å²) in [7, 11) is -3.27. The highest BCUT2D eigenvalue weighted by Crippen LogP contribution is 2.30. The maximum absolute atomic E-state index is 9.22. The zero-order chi connectivity index (χ0) is 20.3. The van der Waals surface area contributed by atoms with Gasteiger partial charge in [-0.1, -0.05) is 92.5 Å². The number of fused-ring (bicyclic) bond motifs is 2. The van der Waals surface area contributed by atoms with Crippen molar-refractivity contribution < 1.29 is 20.1 Å². The summed E-state index contributed by atoms with van der Waals surface area (Å²) in [6.07, 6.45) is 0. The van der Waals surface area contributed by atoms with Crippen LogP contribution in [0.4, 0.5) is 0 Å². The molecule has 0 spiro atoms. The molecule has 4 N–H and O–H groups in total. The molecule has 4 aromatic carbocycles. The van der Waals surface area contributed by atoms with Crippen molar-refractivity contribution in [2.75, 3.05) is 0 Å². The van der Waals surface area contributed by atoms with Crippen LogP contribution >= 0.6 is 31.9 Å². The minimum absolute atomic E-state index is 0.265. The van der Waals surface area contributed by atoms with E-state index in [1.807, 2.05) is 24.3 Å². The summed E-state index contributed by atoms with van der Waals surface area (Å²) >= 11 is 7.04. The average Bonchev–Trinajstić information content (AvgIpc) is 2.67. The van der Waals surface area contributed by atoms with Gasteiger partial charge in [0.15, 0.2) is 0 Å². The Balaban J connectivity index is 0.000000167. The average molecular weight is 502 g/mol. The summed E-state index contributed by atoms with van der Waals surface area (Å²) in [6, 6.07) is 22.4. The number of rotatable bonds is 2. The minimum Gasteiger partial charge on any atom is -0.423 e. The van der Waals surface area contributed by atoms with Crippen LogP contribution < -0.4 is 10.9 Å². The Morgan fingerprint density at radius 1 is 0.500 bits per heavy atom. The van der Waals surface area contributed by atoms with E-state index in [2.05, 4.69) is 44.0 Å². The molecule has 0 saturated heterocycles. The third kappa shape index (κ3) is 4.49. The van der Waals surface area contributed by atoms with Gasteiger partial charge in [-0.15, -0.1) is 0 Å². The molecule has 4 aromatic rings. The topological polar surface area (TPSA) is 80.9 Å². The molecular formula is C20H16B2Br2O4. The van der Waals surface area contributed by atoms with Crippen LogP contribution in [-0.4, -0.2) is 34.3 Å². The second kappa shape index (κ2) is 9.22. The fraction of sp³-hybridized carbons (Fsp3) is 0. The summed E-state index contributed by atoms with van der Waals surface area (Å²) in [5.74, 6) is 0. The number of hydrogen-bond acceptors (Lipinski definition) is 4. The van der Waals surface area contributed by atoms with Crippen molar-refractivity contribution >= 4 is 78.6 Å². The van der Waals surface area contributed by atoms with E-state index in [4.69, 9.17) is 0 Å². The Morgan fingerprint density at radius 3 is 1.21 bits per heavy atom. The third-order valence-corrected chi connectivity index (χ3v) is 5.65. The first-order valence-electron chi connectivity index (χ1n) is 8.46. The zero-order valence-corrected chi connectivity index (χ0v) is 17.8. The monoisotopic (exact) mass is 500 g/mol. The van der Waals surface area contributed by atoms with E-state index < -0.39 is 14.2 Å². The lowest BCUT2D eigenvalue weighted by molar-refractivity contribution is 0.426. The molecule has 0 aliphatic heterocycles. The van der Waals surface area contributed by atoms with Crippen molar-refractivity contribution in [1.29, 1.82) is 0 Å². The van der Waals surface area contributed by atoms with Crippen molar-refractivity contribution in [3.8, 4) is 0 Å². The normalized spacial score (nSPS) is 10.5. The summed E-state index contributed by atoms with van der Waals surface area (Å²) in [5.41, 5.74) is 0.530. The Labute approximate surface area is 180 Å². The lowest BCUT2D eigenvalue weighted by atomic mass is 9.69. The van der Waals surface area contributed by atoms with Crippen LogP contribution in [-0.2, 0) is 0 Å². The molecule has 0 aliphatic rings. The molecule has 0 amide bonds. The molecular weight excluding hydrogens is 486 g/mol. The van der Waals surface area contributed by atoms with Gasteiger partial charge in [0.2, 0.25) is 0 Å². The van der Waals surface area contributed by atoms with E-state index >= 15 is 0 Å². The van der Waals surface area contributed by atoms with Crippen LogP contribution in [0.5, 0.6) is 0 Å². The van der Waals surface area contributed by atoms with Crippen LogP contribution in [0.1, 0.15) is 0 Å². The molecule has 0 saturated carbocycles. The highest BCUT2D eigenvalue weighted by atomic mass is 79.9. The minimum atomic E-state index is -1.64.